The number of thiazole rings is 1. The largest absolute Gasteiger partial charge is 0.479 e. The monoisotopic (exact) mass is 323 g/mol. The Balaban J connectivity index is 1.95. The third-order valence-electron chi connectivity index (χ3n) is 3.48. The highest BCUT2D eigenvalue weighted by atomic mass is 32.1. The summed E-state index contributed by atoms with van der Waals surface area (Å²) in [7, 11) is 0. The number of aromatic nitrogens is 2. The maximum absolute atomic E-state index is 12.5. The quantitative estimate of drug-likeness (QED) is 0.834. The second-order valence-electron chi connectivity index (χ2n) is 4.92. The standard InChI is InChI=1S/C13H13N3O5S/c1-7-6-22-13-14-4-8(11(18)16(7)13)10(17)15-2-3-21-9(5-15)12(19)20/h4,6,9H,2-3,5H2,1H3,(H,19,20). The van der Waals surface area contributed by atoms with Gasteiger partial charge >= 0.3 is 5.97 Å². The van der Waals surface area contributed by atoms with E-state index in [0.29, 0.717) is 10.7 Å². The molecule has 2 aromatic rings. The van der Waals surface area contributed by atoms with Crippen LogP contribution in [0.2, 0.25) is 0 Å². The van der Waals surface area contributed by atoms with Gasteiger partial charge in [-0.05, 0) is 6.92 Å². The van der Waals surface area contributed by atoms with Gasteiger partial charge in [0.1, 0.15) is 5.56 Å². The molecule has 0 spiro atoms. The van der Waals surface area contributed by atoms with E-state index in [0.717, 1.165) is 0 Å². The van der Waals surface area contributed by atoms with E-state index in [1.165, 1.54) is 26.8 Å². The first-order valence-corrected chi connectivity index (χ1v) is 7.46. The van der Waals surface area contributed by atoms with Gasteiger partial charge in [-0.1, -0.05) is 0 Å². The molecule has 0 aliphatic carbocycles. The van der Waals surface area contributed by atoms with Crippen molar-refractivity contribution in [3.63, 3.8) is 0 Å². The third-order valence-corrected chi connectivity index (χ3v) is 4.43. The maximum atomic E-state index is 12.5. The van der Waals surface area contributed by atoms with Gasteiger partial charge in [-0.25, -0.2) is 9.78 Å². The van der Waals surface area contributed by atoms with Crippen molar-refractivity contribution >= 4 is 28.2 Å². The fourth-order valence-electron chi connectivity index (χ4n) is 2.33. The molecule has 3 heterocycles. The van der Waals surface area contributed by atoms with Gasteiger partial charge in [0.25, 0.3) is 11.5 Å². The number of carbonyl (C=O) groups excluding carboxylic acids is 1. The summed E-state index contributed by atoms with van der Waals surface area (Å²) >= 11 is 1.32. The minimum atomic E-state index is -1.13. The lowest BCUT2D eigenvalue weighted by Gasteiger charge is -2.30. The van der Waals surface area contributed by atoms with Crippen molar-refractivity contribution in [2.75, 3.05) is 19.7 Å². The van der Waals surface area contributed by atoms with Crippen LogP contribution in [0.5, 0.6) is 0 Å². The molecule has 9 heteroatoms. The third kappa shape index (κ3) is 2.38. The SMILES string of the molecule is Cc1csc2ncc(C(=O)N3CCOC(C(=O)O)C3)c(=O)n12. The van der Waals surface area contributed by atoms with Crippen molar-refractivity contribution in [1.82, 2.24) is 14.3 Å². The molecule has 1 fully saturated rings. The van der Waals surface area contributed by atoms with Crippen LogP contribution in [-0.4, -0.2) is 57.1 Å². The van der Waals surface area contributed by atoms with Crippen LogP contribution in [0.1, 0.15) is 16.1 Å². The fourth-order valence-corrected chi connectivity index (χ4v) is 3.15. The molecule has 2 aromatic heterocycles. The smallest absolute Gasteiger partial charge is 0.334 e. The normalized spacial score (nSPS) is 18.6. The molecule has 1 N–H and O–H groups in total. The number of nitrogens with zero attached hydrogens (tertiary/aromatic N) is 3. The molecular weight excluding hydrogens is 310 g/mol. The van der Waals surface area contributed by atoms with E-state index in [1.54, 1.807) is 12.3 Å². The molecule has 0 radical (unpaired) electrons. The van der Waals surface area contributed by atoms with Crippen LogP contribution in [-0.2, 0) is 9.53 Å². The van der Waals surface area contributed by atoms with E-state index >= 15 is 0 Å². The van der Waals surface area contributed by atoms with Crippen LogP contribution < -0.4 is 5.56 Å². The summed E-state index contributed by atoms with van der Waals surface area (Å²) in [5, 5.41) is 10.8. The molecule has 1 amide bonds. The number of morpholine rings is 1. The number of hydrogen-bond acceptors (Lipinski definition) is 6. The first-order chi connectivity index (χ1) is 10.5. The van der Waals surface area contributed by atoms with Crippen molar-refractivity contribution in [2.45, 2.75) is 13.0 Å². The van der Waals surface area contributed by atoms with Crippen LogP contribution >= 0.6 is 11.3 Å². The minimum absolute atomic E-state index is 0.0648. The highest BCUT2D eigenvalue weighted by molar-refractivity contribution is 7.15. The fraction of sp³-hybridized carbons (Fsp3) is 0.385. The summed E-state index contributed by atoms with van der Waals surface area (Å²) in [4.78, 5) is 41.9. The summed E-state index contributed by atoms with van der Waals surface area (Å²) in [6, 6.07) is 0. The molecule has 1 aliphatic rings. The Morgan fingerprint density at radius 3 is 3.00 bits per heavy atom. The molecule has 22 heavy (non-hydrogen) atoms. The number of fused-ring (bicyclic) bond motifs is 1. The van der Waals surface area contributed by atoms with Gasteiger partial charge in [-0.15, -0.1) is 11.3 Å². The Bertz CT molecular complexity index is 812. The predicted octanol–water partition coefficient (Wildman–Crippen LogP) is -0.00998. The zero-order chi connectivity index (χ0) is 15.9. The number of carbonyl (C=O) groups is 2. The van der Waals surface area contributed by atoms with Crippen LogP contribution in [0.15, 0.2) is 16.4 Å². The second-order valence-corrected chi connectivity index (χ2v) is 5.76. The van der Waals surface area contributed by atoms with Gasteiger partial charge in [-0.2, -0.15) is 0 Å². The van der Waals surface area contributed by atoms with Gasteiger partial charge in [0.15, 0.2) is 11.1 Å². The Labute approximate surface area is 128 Å². The number of carboxylic acids is 1. The Kier molecular flexibility index (Phi) is 3.67. The Hall–Kier alpha value is -2.26. The molecule has 8 nitrogen and oxygen atoms in total. The van der Waals surface area contributed by atoms with E-state index in [-0.39, 0.29) is 25.3 Å². The van der Waals surface area contributed by atoms with Gasteiger partial charge < -0.3 is 14.7 Å². The first kappa shape index (κ1) is 14.7. The molecule has 0 bridgehead atoms. The number of aryl methyl sites for hydroxylation is 1. The number of hydrogen-bond donors (Lipinski definition) is 1. The topological polar surface area (TPSA) is 101 Å². The first-order valence-electron chi connectivity index (χ1n) is 6.58. The highest BCUT2D eigenvalue weighted by Gasteiger charge is 2.30. The predicted molar refractivity (Wildman–Crippen MR) is 77.4 cm³/mol. The molecule has 0 saturated carbocycles. The maximum Gasteiger partial charge on any atom is 0.334 e. The summed E-state index contributed by atoms with van der Waals surface area (Å²) in [5.41, 5.74) is 0.203. The molecule has 1 saturated heterocycles. The van der Waals surface area contributed by atoms with Crippen molar-refractivity contribution < 1.29 is 19.4 Å². The summed E-state index contributed by atoms with van der Waals surface area (Å²) in [6.45, 7) is 2.04. The molecule has 1 aliphatic heterocycles. The molecule has 1 atom stereocenters. The molecular formula is C13H13N3O5S. The lowest BCUT2D eigenvalue weighted by Crippen LogP contribution is -2.49. The van der Waals surface area contributed by atoms with E-state index < -0.39 is 23.5 Å². The Morgan fingerprint density at radius 1 is 1.50 bits per heavy atom. The van der Waals surface area contributed by atoms with E-state index in [2.05, 4.69) is 4.98 Å². The van der Waals surface area contributed by atoms with Gasteiger partial charge in [0.05, 0.1) is 13.2 Å². The summed E-state index contributed by atoms with van der Waals surface area (Å²) in [6.07, 6.45) is 0.182. The van der Waals surface area contributed by atoms with Crippen molar-refractivity contribution in [2.24, 2.45) is 0 Å². The van der Waals surface area contributed by atoms with E-state index in [4.69, 9.17) is 9.84 Å². The summed E-state index contributed by atoms with van der Waals surface area (Å²) < 4.78 is 6.45. The number of rotatable bonds is 2. The van der Waals surface area contributed by atoms with Gasteiger partial charge in [0.2, 0.25) is 0 Å². The second kappa shape index (κ2) is 5.50. The van der Waals surface area contributed by atoms with Crippen LogP contribution in [0.3, 0.4) is 0 Å². The number of amides is 1. The van der Waals surface area contributed by atoms with Crippen molar-refractivity contribution in [1.29, 1.82) is 0 Å². The van der Waals surface area contributed by atoms with Crippen LogP contribution in [0, 0.1) is 6.92 Å². The number of carboxylic acid groups (broad SMARTS) is 1. The molecule has 1 unspecified atom stereocenters. The number of aliphatic carboxylic acids is 1. The van der Waals surface area contributed by atoms with Gasteiger partial charge in [0, 0.05) is 23.8 Å². The molecule has 0 aromatic carbocycles. The Morgan fingerprint density at radius 2 is 2.27 bits per heavy atom. The van der Waals surface area contributed by atoms with Crippen LogP contribution in [0.4, 0.5) is 0 Å². The lowest BCUT2D eigenvalue weighted by atomic mass is 10.2. The lowest BCUT2D eigenvalue weighted by molar-refractivity contribution is -0.154. The average molecular weight is 323 g/mol. The zero-order valence-electron chi connectivity index (χ0n) is 11.7. The van der Waals surface area contributed by atoms with E-state index in [9.17, 15) is 14.4 Å². The summed E-state index contributed by atoms with van der Waals surface area (Å²) in [5.74, 6) is -1.65. The van der Waals surface area contributed by atoms with Crippen LogP contribution in [0.25, 0.3) is 4.96 Å². The van der Waals surface area contributed by atoms with Crippen molar-refractivity contribution in [3.05, 3.63) is 33.2 Å². The zero-order valence-corrected chi connectivity index (χ0v) is 12.5. The molecule has 116 valence electrons. The molecule has 3 rings (SSSR count). The van der Waals surface area contributed by atoms with E-state index in [1.807, 2.05) is 0 Å². The highest BCUT2D eigenvalue weighted by Crippen LogP contribution is 2.13. The number of ether oxygens (including phenoxy) is 1. The van der Waals surface area contributed by atoms with Gasteiger partial charge in [-0.3, -0.25) is 14.0 Å². The van der Waals surface area contributed by atoms with Crippen molar-refractivity contribution in [3.8, 4) is 0 Å². The minimum Gasteiger partial charge on any atom is -0.479 e. The average Bonchev–Trinajstić information content (AvgIpc) is 2.89.